The van der Waals surface area contributed by atoms with E-state index in [1.165, 1.54) is 13.2 Å². The van der Waals surface area contributed by atoms with E-state index in [1.807, 2.05) is 18.2 Å². The van der Waals surface area contributed by atoms with Crippen LogP contribution in [0.4, 0.5) is 4.79 Å². The fraction of sp³-hybridized carbons (Fsp3) is 0.241. The summed E-state index contributed by atoms with van der Waals surface area (Å²) in [5.74, 6) is -0.765. The van der Waals surface area contributed by atoms with Crippen LogP contribution in [0.3, 0.4) is 0 Å². The highest BCUT2D eigenvalue weighted by molar-refractivity contribution is 6.07. The van der Waals surface area contributed by atoms with Crippen molar-refractivity contribution in [3.63, 3.8) is 0 Å². The molecule has 0 aliphatic heterocycles. The van der Waals surface area contributed by atoms with Crippen molar-refractivity contribution in [2.45, 2.75) is 32.1 Å². The van der Waals surface area contributed by atoms with Gasteiger partial charge >= 0.3 is 23.7 Å². The second-order valence-electron chi connectivity index (χ2n) is 8.60. The molecule has 10 nitrogen and oxygen atoms in total. The summed E-state index contributed by atoms with van der Waals surface area (Å²) in [5.41, 5.74) is 0.881. The van der Waals surface area contributed by atoms with Crippen molar-refractivity contribution < 1.29 is 37.7 Å². The predicted octanol–water partition coefficient (Wildman–Crippen LogP) is 4.25. The van der Waals surface area contributed by atoms with Crippen LogP contribution >= 0.6 is 0 Å². The molecule has 0 radical (unpaired) electrons. The van der Waals surface area contributed by atoms with Crippen molar-refractivity contribution in [2.75, 3.05) is 14.2 Å². The Balaban J connectivity index is 1.53. The molecule has 4 aromatic rings. The van der Waals surface area contributed by atoms with E-state index in [4.69, 9.17) is 18.6 Å². The van der Waals surface area contributed by atoms with Gasteiger partial charge in [-0.25, -0.2) is 14.4 Å². The van der Waals surface area contributed by atoms with Crippen LogP contribution in [0.2, 0.25) is 0 Å². The van der Waals surface area contributed by atoms with Crippen LogP contribution in [-0.4, -0.2) is 38.3 Å². The van der Waals surface area contributed by atoms with Crippen LogP contribution in [0.15, 0.2) is 75.9 Å². The zero-order valence-corrected chi connectivity index (χ0v) is 21.4. The van der Waals surface area contributed by atoms with Gasteiger partial charge in [0, 0.05) is 23.4 Å². The van der Waals surface area contributed by atoms with Crippen LogP contribution in [0, 0.1) is 0 Å². The van der Waals surface area contributed by atoms with Gasteiger partial charge in [0.25, 0.3) is 0 Å². The Morgan fingerprint density at radius 2 is 1.69 bits per heavy atom. The topological polar surface area (TPSA) is 130 Å². The molecule has 39 heavy (non-hydrogen) atoms. The summed E-state index contributed by atoms with van der Waals surface area (Å²) >= 11 is 0. The van der Waals surface area contributed by atoms with E-state index in [-0.39, 0.29) is 26.1 Å². The first kappa shape index (κ1) is 27.2. The summed E-state index contributed by atoms with van der Waals surface area (Å²) < 4.78 is 26.1. The number of carbonyl (C=O) groups is 3. The van der Waals surface area contributed by atoms with Crippen molar-refractivity contribution in [3.05, 3.63) is 88.3 Å². The van der Waals surface area contributed by atoms with Gasteiger partial charge in [-0.2, -0.15) is 0 Å². The first-order valence-electron chi connectivity index (χ1n) is 12.1. The van der Waals surface area contributed by atoms with Gasteiger partial charge in [-0.3, -0.25) is 4.79 Å². The molecule has 0 aliphatic carbocycles. The number of methoxy groups -OCH3 is 2. The van der Waals surface area contributed by atoms with Crippen molar-refractivity contribution in [1.29, 1.82) is 0 Å². The minimum Gasteiger partial charge on any atom is -0.497 e. The molecule has 10 heteroatoms. The number of benzene rings is 3. The highest BCUT2D eigenvalue weighted by Crippen LogP contribution is 2.30. The number of nitrogens with one attached hydrogen (secondary N) is 1. The first-order valence-corrected chi connectivity index (χ1v) is 12.1. The largest absolute Gasteiger partial charge is 0.497 e. The Bertz CT molecular complexity index is 1550. The van der Waals surface area contributed by atoms with E-state index in [1.54, 1.807) is 49.6 Å². The third-order valence-corrected chi connectivity index (χ3v) is 6.04. The van der Waals surface area contributed by atoms with Crippen LogP contribution in [0.1, 0.15) is 24.0 Å². The summed E-state index contributed by atoms with van der Waals surface area (Å²) in [6.07, 6.45) is -1.07. The van der Waals surface area contributed by atoms with E-state index >= 15 is 0 Å². The zero-order chi connectivity index (χ0) is 27.8. The SMILES string of the molecule is COC(=O)CCC(NC(=O)OCc1ccccc1)C(=O)OCc1cc(=O)oc2ccc3ccc(OC)cc3c12. The van der Waals surface area contributed by atoms with Crippen molar-refractivity contribution in [1.82, 2.24) is 5.32 Å². The Morgan fingerprint density at radius 3 is 2.44 bits per heavy atom. The molecule has 1 heterocycles. The van der Waals surface area contributed by atoms with E-state index in [2.05, 4.69) is 10.1 Å². The lowest BCUT2D eigenvalue weighted by molar-refractivity contribution is -0.148. The molecule has 0 saturated carbocycles. The zero-order valence-electron chi connectivity index (χ0n) is 21.4. The standard InChI is InChI=1S/C29H27NO9/c1-35-21-10-8-19-9-12-24-27(22(19)15-21)20(14-26(32)39-24)17-37-28(33)23(11-13-25(31)36-2)30-29(34)38-16-18-6-4-3-5-7-18/h3-10,12,14-15,23H,11,13,16-17H2,1-2H3,(H,30,34). The minimum absolute atomic E-state index is 0.00619. The lowest BCUT2D eigenvalue weighted by Gasteiger charge is -2.18. The molecule has 1 atom stereocenters. The van der Waals surface area contributed by atoms with Crippen molar-refractivity contribution >= 4 is 39.8 Å². The molecular weight excluding hydrogens is 506 g/mol. The van der Waals surface area contributed by atoms with E-state index in [9.17, 15) is 19.2 Å². The third-order valence-electron chi connectivity index (χ3n) is 6.04. The Kier molecular flexibility index (Phi) is 8.78. The monoisotopic (exact) mass is 533 g/mol. The summed E-state index contributed by atoms with van der Waals surface area (Å²) in [4.78, 5) is 49.4. The third kappa shape index (κ3) is 6.92. The fourth-order valence-electron chi connectivity index (χ4n) is 4.06. The van der Waals surface area contributed by atoms with Gasteiger partial charge in [0.1, 0.15) is 30.6 Å². The van der Waals surface area contributed by atoms with Crippen LogP contribution in [0.25, 0.3) is 21.7 Å². The van der Waals surface area contributed by atoms with Gasteiger partial charge < -0.3 is 28.7 Å². The summed E-state index contributed by atoms with van der Waals surface area (Å²) in [5, 5.41) is 4.65. The number of alkyl carbamates (subject to hydrolysis) is 1. The summed E-state index contributed by atoms with van der Waals surface area (Å²) in [6.45, 7) is -0.291. The fourth-order valence-corrected chi connectivity index (χ4v) is 4.06. The molecule has 4 rings (SSSR count). The first-order chi connectivity index (χ1) is 18.9. The maximum absolute atomic E-state index is 13.0. The van der Waals surface area contributed by atoms with Gasteiger partial charge in [0.2, 0.25) is 0 Å². The number of amides is 1. The lowest BCUT2D eigenvalue weighted by Crippen LogP contribution is -2.42. The highest BCUT2D eigenvalue weighted by atomic mass is 16.6. The van der Waals surface area contributed by atoms with Gasteiger partial charge in [-0.15, -0.1) is 0 Å². The molecule has 0 aliphatic rings. The molecule has 3 aromatic carbocycles. The molecule has 1 unspecified atom stereocenters. The molecule has 1 aromatic heterocycles. The molecule has 0 bridgehead atoms. The number of carbonyl (C=O) groups excluding carboxylic acids is 3. The van der Waals surface area contributed by atoms with E-state index in [0.29, 0.717) is 22.3 Å². The van der Waals surface area contributed by atoms with Gasteiger partial charge in [0.05, 0.1) is 14.2 Å². The maximum Gasteiger partial charge on any atom is 0.408 e. The second-order valence-corrected chi connectivity index (χ2v) is 8.60. The average molecular weight is 534 g/mol. The second kappa shape index (κ2) is 12.6. The molecule has 0 saturated heterocycles. The van der Waals surface area contributed by atoms with Gasteiger partial charge in [0.15, 0.2) is 0 Å². The van der Waals surface area contributed by atoms with Crippen molar-refractivity contribution in [3.8, 4) is 5.75 Å². The van der Waals surface area contributed by atoms with Gasteiger partial charge in [-0.05, 0) is 41.0 Å². The number of ether oxygens (including phenoxy) is 4. The molecule has 1 amide bonds. The van der Waals surface area contributed by atoms with Gasteiger partial charge in [-0.1, -0.05) is 42.5 Å². The highest BCUT2D eigenvalue weighted by Gasteiger charge is 2.25. The lowest BCUT2D eigenvalue weighted by atomic mass is 10.0. The van der Waals surface area contributed by atoms with Crippen LogP contribution in [-0.2, 0) is 37.0 Å². The van der Waals surface area contributed by atoms with Crippen LogP contribution < -0.4 is 15.7 Å². The molecular formula is C29H27NO9. The summed E-state index contributed by atoms with van der Waals surface area (Å²) in [6, 6.07) is 18.0. The Hall–Kier alpha value is -4.86. The number of rotatable bonds is 10. The summed E-state index contributed by atoms with van der Waals surface area (Å²) in [7, 11) is 2.77. The minimum atomic E-state index is -1.20. The quantitative estimate of drug-likeness (QED) is 0.138. The Morgan fingerprint density at radius 1 is 0.923 bits per heavy atom. The average Bonchev–Trinajstić information content (AvgIpc) is 2.96. The van der Waals surface area contributed by atoms with E-state index in [0.717, 1.165) is 16.3 Å². The molecule has 0 fully saturated rings. The van der Waals surface area contributed by atoms with E-state index < -0.39 is 29.7 Å². The number of hydrogen-bond donors (Lipinski definition) is 1. The molecule has 0 spiro atoms. The van der Waals surface area contributed by atoms with Crippen molar-refractivity contribution in [2.24, 2.45) is 0 Å². The number of hydrogen-bond acceptors (Lipinski definition) is 9. The normalized spacial score (nSPS) is 11.5. The predicted molar refractivity (Wildman–Crippen MR) is 141 cm³/mol. The van der Waals surface area contributed by atoms with Crippen LogP contribution in [0.5, 0.6) is 5.75 Å². The maximum atomic E-state index is 13.0. The molecule has 1 N–H and O–H groups in total. The number of fused-ring (bicyclic) bond motifs is 3. The smallest absolute Gasteiger partial charge is 0.408 e. The Labute approximate surface area is 223 Å². The molecule has 202 valence electrons. The number of esters is 2.